The van der Waals surface area contributed by atoms with Crippen molar-refractivity contribution in [3.05, 3.63) is 48.6 Å². The lowest BCUT2D eigenvalue weighted by Gasteiger charge is -2.37. The van der Waals surface area contributed by atoms with Gasteiger partial charge in [0.05, 0.1) is 18.5 Å². The number of nitrogens with zero attached hydrogens (tertiary/aromatic N) is 2. The average Bonchev–Trinajstić information content (AvgIpc) is 2.76. The van der Waals surface area contributed by atoms with Crippen LogP contribution >= 0.6 is 0 Å². The Labute approximate surface area is 145 Å². The molecule has 24 heavy (non-hydrogen) atoms. The molecule has 0 unspecified atom stereocenters. The lowest BCUT2D eigenvalue weighted by Crippen LogP contribution is -2.49. The maximum atomic E-state index is 12.7. The van der Waals surface area contributed by atoms with Crippen LogP contribution in [-0.4, -0.2) is 63.1 Å². The Hall–Kier alpha value is -1.21. The summed E-state index contributed by atoms with van der Waals surface area (Å²) >= 11 is 0. The first kappa shape index (κ1) is 17.6. The average molecular weight is 350 g/mol. The van der Waals surface area contributed by atoms with E-state index in [1.807, 2.05) is 36.4 Å². The van der Waals surface area contributed by atoms with E-state index in [0.29, 0.717) is 25.6 Å². The van der Waals surface area contributed by atoms with Gasteiger partial charge in [-0.1, -0.05) is 36.4 Å². The summed E-state index contributed by atoms with van der Waals surface area (Å²) in [5, 5.41) is 0. The van der Waals surface area contributed by atoms with Crippen molar-refractivity contribution >= 4 is 10.0 Å². The molecule has 0 aliphatic carbocycles. The summed E-state index contributed by atoms with van der Waals surface area (Å²) in [6, 6.07) is 9.37. The quantitative estimate of drug-likeness (QED) is 0.759. The molecule has 0 amide bonds. The highest BCUT2D eigenvalue weighted by atomic mass is 32.2. The molecule has 5 nitrogen and oxygen atoms in total. The van der Waals surface area contributed by atoms with Gasteiger partial charge in [-0.3, -0.25) is 4.90 Å². The molecule has 2 heterocycles. The monoisotopic (exact) mass is 350 g/mol. The van der Waals surface area contributed by atoms with Crippen LogP contribution < -0.4 is 0 Å². The van der Waals surface area contributed by atoms with Crippen LogP contribution in [0.5, 0.6) is 0 Å². The smallest absolute Gasteiger partial charge is 0.218 e. The summed E-state index contributed by atoms with van der Waals surface area (Å²) in [4.78, 5) is 2.34. The van der Waals surface area contributed by atoms with Crippen molar-refractivity contribution in [3.8, 4) is 0 Å². The molecule has 3 rings (SSSR count). The van der Waals surface area contributed by atoms with Crippen molar-refractivity contribution in [2.75, 3.05) is 39.3 Å². The Morgan fingerprint density at radius 1 is 1.21 bits per heavy atom. The molecule has 0 radical (unpaired) electrons. The summed E-state index contributed by atoms with van der Waals surface area (Å²) in [6.45, 7) is 8.23. The van der Waals surface area contributed by atoms with E-state index >= 15 is 0 Å². The van der Waals surface area contributed by atoms with Crippen LogP contribution in [0.2, 0.25) is 0 Å². The zero-order chi connectivity index (χ0) is 17.0. The lowest BCUT2D eigenvalue weighted by atomic mass is 9.94. The highest BCUT2D eigenvalue weighted by molar-refractivity contribution is 7.88. The lowest BCUT2D eigenvalue weighted by molar-refractivity contribution is -0.00192. The van der Waals surface area contributed by atoms with E-state index < -0.39 is 10.0 Å². The standard InChI is InChI=1S/C18H26N2O3S/c1-2-9-19-11-12-23-18-14-20(10-8-17(18)13-19)24(21,22)15-16-6-4-3-5-7-16/h2-7,17-18H,1,8-15H2/t17-,18+/m1/s1. The number of benzene rings is 1. The zero-order valence-corrected chi connectivity index (χ0v) is 14.8. The predicted octanol–water partition coefficient (Wildman–Crippen LogP) is 1.73. The number of piperidine rings is 1. The molecule has 0 aromatic heterocycles. The van der Waals surface area contributed by atoms with Gasteiger partial charge < -0.3 is 4.74 Å². The molecule has 2 aliphatic heterocycles. The van der Waals surface area contributed by atoms with Crippen molar-refractivity contribution in [2.24, 2.45) is 5.92 Å². The van der Waals surface area contributed by atoms with Gasteiger partial charge in [-0.25, -0.2) is 8.42 Å². The Kier molecular flexibility index (Phi) is 5.71. The van der Waals surface area contributed by atoms with Crippen molar-refractivity contribution in [1.82, 2.24) is 9.21 Å². The van der Waals surface area contributed by atoms with Crippen molar-refractivity contribution < 1.29 is 13.2 Å². The fraction of sp³-hybridized carbons (Fsp3) is 0.556. The molecule has 6 heteroatoms. The Balaban J connectivity index is 1.65. The van der Waals surface area contributed by atoms with Crippen LogP contribution in [0.4, 0.5) is 0 Å². The fourth-order valence-corrected chi connectivity index (χ4v) is 5.12. The SMILES string of the molecule is C=CCN1CCO[C@H]2CN(S(=O)(=O)Cc3ccccc3)CC[C@@H]2C1. The third-order valence-corrected chi connectivity index (χ3v) is 6.68. The molecule has 2 aliphatic rings. The van der Waals surface area contributed by atoms with Gasteiger partial charge in [0.2, 0.25) is 10.0 Å². The predicted molar refractivity (Wildman–Crippen MR) is 95.1 cm³/mol. The summed E-state index contributed by atoms with van der Waals surface area (Å²) < 4.78 is 33.1. The first-order valence-corrected chi connectivity index (χ1v) is 10.2. The van der Waals surface area contributed by atoms with E-state index in [1.165, 1.54) is 0 Å². The van der Waals surface area contributed by atoms with Crippen LogP contribution in [0, 0.1) is 5.92 Å². The second kappa shape index (κ2) is 7.78. The Bertz CT molecular complexity index is 647. The highest BCUT2D eigenvalue weighted by Gasteiger charge is 2.37. The number of hydrogen-bond acceptors (Lipinski definition) is 4. The topological polar surface area (TPSA) is 49.9 Å². The fourth-order valence-electron chi connectivity index (χ4n) is 3.57. The first-order chi connectivity index (χ1) is 11.6. The van der Waals surface area contributed by atoms with Crippen molar-refractivity contribution in [2.45, 2.75) is 18.3 Å². The molecular formula is C18H26N2O3S. The van der Waals surface area contributed by atoms with Gasteiger partial charge >= 0.3 is 0 Å². The van der Waals surface area contributed by atoms with Crippen LogP contribution in [0.1, 0.15) is 12.0 Å². The van der Waals surface area contributed by atoms with Gasteiger partial charge in [-0.05, 0) is 12.0 Å². The molecule has 2 saturated heterocycles. The van der Waals surface area contributed by atoms with E-state index in [2.05, 4.69) is 11.5 Å². The number of hydrogen-bond donors (Lipinski definition) is 0. The van der Waals surface area contributed by atoms with E-state index in [-0.39, 0.29) is 11.9 Å². The minimum Gasteiger partial charge on any atom is -0.375 e. The first-order valence-electron chi connectivity index (χ1n) is 8.55. The number of sulfonamides is 1. The van der Waals surface area contributed by atoms with E-state index in [4.69, 9.17) is 4.74 Å². The molecule has 1 aromatic rings. The van der Waals surface area contributed by atoms with Gasteiger partial charge in [0.25, 0.3) is 0 Å². The minimum absolute atomic E-state index is 0.000821. The molecule has 1 aromatic carbocycles. The number of fused-ring (bicyclic) bond motifs is 1. The number of rotatable bonds is 5. The third kappa shape index (κ3) is 4.25. The van der Waals surface area contributed by atoms with Crippen molar-refractivity contribution in [3.63, 3.8) is 0 Å². The van der Waals surface area contributed by atoms with Crippen LogP contribution in [0.25, 0.3) is 0 Å². The van der Waals surface area contributed by atoms with Gasteiger partial charge in [0.1, 0.15) is 0 Å². The van der Waals surface area contributed by atoms with Gasteiger partial charge in [-0.2, -0.15) is 4.31 Å². The molecule has 0 saturated carbocycles. The maximum absolute atomic E-state index is 12.7. The largest absolute Gasteiger partial charge is 0.375 e. The molecular weight excluding hydrogens is 324 g/mol. The molecule has 0 N–H and O–H groups in total. The second-order valence-electron chi connectivity index (χ2n) is 6.61. The summed E-state index contributed by atoms with van der Waals surface area (Å²) in [6.07, 6.45) is 2.77. The maximum Gasteiger partial charge on any atom is 0.218 e. The molecule has 2 fully saturated rings. The molecule has 132 valence electrons. The van der Waals surface area contributed by atoms with Crippen LogP contribution in [0.15, 0.2) is 43.0 Å². The Morgan fingerprint density at radius 3 is 2.75 bits per heavy atom. The number of ether oxygens (including phenoxy) is 1. The van der Waals surface area contributed by atoms with Gasteiger partial charge in [0, 0.05) is 38.6 Å². The summed E-state index contributed by atoms with van der Waals surface area (Å²) in [7, 11) is -3.30. The van der Waals surface area contributed by atoms with Gasteiger partial charge in [-0.15, -0.1) is 6.58 Å². The highest BCUT2D eigenvalue weighted by Crippen LogP contribution is 2.26. The van der Waals surface area contributed by atoms with Gasteiger partial charge in [0.15, 0.2) is 0 Å². The molecule has 0 bridgehead atoms. The van der Waals surface area contributed by atoms with Crippen LogP contribution in [0.3, 0.4) is 0 Å². The summed E-state index contributed by atoms with van der Waals surface area (Å²) in [5.41, 5.74) is 0.832. The van der Waals surface area contributed by atoms with Crippen LogP contribution in [-0.2, 0) is 20.5 Å². The van der Waals surface area contributed by atoms with E-state index in [0.717, 1.165) is 31.6 Å². The van der Waals surface area contributed by atoms with E-state index in [9.17, 15) is 8.42 Å². The normalized spacial score (nSPS) is 26.5. The minimum atomic E-state index is -3.30. The third-order valence-electron chi connectivity index (χ3n) is 4.86. The summed E-state index contributed by atoms with van der Waals surface area (Å²) in [5.74, 6) is 0.462. The van der Waals surface area contributed by atoms with E-state index in [1.54, 1.807) is 4.31 Å². The second-order valence-corrected chi connectivity index (χ2v) is 8.57. The Morgan fingerprint density at radius 2 is 2.00 bits per heavy atom. The zero-order valence-electron chi connectivity index (χ0n) is 14.0. The molecule has 0 spiro atoms. The van der Waals surface area contributed by atoms with Crippen molar-refractivity contribution in [1.29, 1.82) is 0 Å². The molecule has 2 atom stereocenters.